The van der Waals surface area contributed by atoms with E-state index in [0.29, 0.717) is 5.95 Å². The third-order valence-corrected chi connectivity index (χ3v) is 14.5. The first-order valence-electron chi connectivity index (χ1n) is 23.8. The van der Waals surface area contributed by atoms with Gasteiger partial charge < -0.3 is 4.57 Å². The summed E-state index contributed by atoms with van der Waals surface area (Å²) in [5.74, 6) is 0.658. The van der Waals surface area contributed by atoms with Crippen molar-refractivity contribution >= 4 is 49.7 Å². The zero-order chi connectivity index (χ0) is 44.7. The molecule has 14 rings (SSSR count). The molecule has 3 heterocycles. The first-order chi connectivity index (χ1) is 33.7. The molecule has 9 aromatic carbocycles. The fraction of sp³-hybridized carbons (Fsp3) is 0.0625. The minimum atomic E-state index is 0.658. The van der Waals surface area contributed by atoms with Crippen molar-refractivity contribution < 1.29 is 0 Å². The molecule has 3 aromatic heterocycles. The average molecular weight is 869 g/mol. The summed E-state index contributed by atoms with van der Waals surface area (Å²) in [6.07, 6.45) is 8.83. The lowest BCUT2D eigenvalue weighted by molar-refractivity contribution is 0.866. The van der Waals surface area contributed by atoms with E-state index < -0.39 is 0 Å². The third-order valence-electron chi connectivity index (χ3n) is 14.5. The fourth-order valence-electron chi connectivity index (χ4n) is 11.2. The van der Waals surface area contributed by atoms with Crippen molar-refractivity contribution in [3.63, 3.8) is 0 Å². The van der Waals surface area contributed by atoms with Crippen molar-refractivity contribution in [2.45, 2.75) is 25.7 Å². The maximum absolute atomic E-state index is 5.40. The van der Waals surface area contributed by atoms with Gasteiger partial charge >= 0.3 is 0 Å². The minimum Gasteiger partial charge on any atom is -0.313 e. The smallest absolute Gasteiger partial charge is 0.235 e. The van der Waals surface area contributed by atoms with Crippen LogP contribution < -0.4 is 0 Å². The van der Waals surface area contributed by atoms with Gasteiger partial charge in [0.1, 0.15) is 0 Å². The molecule has 0 radical (unpaired) electrons. The van der Waals surface area contributed by atoms with Crippen molar-refractivity contribution in [2.24, 2.45) is 0 Å². The van der Waals surface area contributed by atoms with E-state index in [1.54, 1.807) is 0 Å². The van der Waals surface area contributed by atoms with E-state index in [2.05, 4.69) is 228 Å². The number of rotatable bonds is 6. The van der Waals surface area contributed by atoms with Crippen LogP contribution in [0.2, 0.25) is 0 Å². The Kier molecular flexibility index (Phi) is 8.81. The molecule has 0 amide bonds. The highest BCUT2D eigenvalue weighted by Gasteiger charge is 2.26. The van der Waals surface area contributed by atoms with Gasteiger partial charge in [-0.3, -0.25) is 4.57 Å². The van der Waals surface area contributed by atoms with E-state index in [1.165, 1.54) is 94.3 Å². The highest BCUT2D eigenvalue weighted by molar-refractivity contribution is 6.11. The van der Waals surface area contributed by atoms with Crippen LogP contribution in [0.3, 0.4) is 0 Å². The summed E-state index contributed by atoms with van der Waals surface area (Å²) < 4.78 is 4.77. The van der Waals surface area contributed by atoms with E-state index in [9.17, 15) is 0 Å². The molecule has 4 nitrogen and oxygen atoms in total. The van der Waals surface area contributed by atoms with Crippen LogP contribution in [0.25, 0.3) is 117 Å². The van der Waals surface area contributed by atoms with Gasteiger partial charge in [0.2, 0.25) is 5.95 Å². The first kappa shape index (κ1) is 38.6. The largest absolute Gasteiger partial charge is 0.313 e. The van der Waals surface area contributed by atoms with Gasteiger partial charge in [-0.05, 0) is 136 Å². The summed E-state index contributed by atoms with van der Waals surface area (Å²) in [5.41, 5.74) is 23.0. The lowest BCUT2D eigenvalue weighted by Gasteiger charge is -2.19. The Morgan fingerprint density at radius 1 is 0.382 bits per heavy atom. The summed E-state index contributed by atoms with van der Waals surface area (Å²) >= 11 is 0. The lowest BCUT2D eigenvalue weighted by Crippen LogP contribution is -2.08. The van der Waals surface area contributed by atoms with Crippen LogP contribution in [0.5, 0.6) is 0 Å². The van der Waals surface area contributed by atoms with Gasteiger partial charge in [-0.25, -0.2) is 9.97 Å². The summed E-state index contributed by atoms with van der Waals surface area (Å²) in [5, 5.41) is 4.65. The third kappa shape index (κ3) is 6.22. The van der Waals surface area contributed by atoms with Crippen LogP contribution in [0.4, 0.5) is 0 Å². The highest BCUT2D eigenvalue weighted by Crippen LogP contribution is 2.45. The maximum atomic E-state index is 5.40. The number of aryl methyl sites for hydroxylation is 2. The van der Waals surface area contributed by atoms with E-state index in [0.717, 1.165) is 58.9 Å². The summed E-state index contributed by atoms with van der Waals surface area (Å²) in [6, 6.07) is 75.5. The molecule has 320 valence electrons. The second-order valence-electron chi connectivity index (χ2n) is 18.4. The summed E-state index contributed by atoms with van der Waals surface area (Å²) in [7, 11) is 0. The molecule has 0 bridgehead atoms. The number of benzene rings is 9. The number of nitrogens with zero attached hydrogens (tertiary/aromatic N) is 4. The average Bonchev–Trinajstić information content (AvgIpc) is 3.93. The number of hydrogen-bond acceptors (Lipinski definition) is 2. The predicted octanol–water partition coefficient (Wildman–Crippen LogP) is 16.1. The Morgan fingerprint density at radius 2 is 1.00 bits per heavy atom. The quantitative estimate of drug-likeness (QED) is 0.167. The molecule has 0 N–H and O–H groups in total. The molecule has 0 fully saturated rings. The van der Waals surface area contributed by atoms with Gasteiger partial charge in [-0.2, -0.15) is 0 Å². The topological polar surface area (TPSA) is 35.6 Å². The van der Waals surface area contributed by atoms with E-state index in [1.807, 2.05) is 0 Å². The molecule has 0 saturated heterocycles. The van der Waals surface area contributed by atoms with Crippen LogP contribution in [0.15, 0.2) is 212 Å². The Hall–Kier alpha value is -8.60. The minimum absolute atomic E-state index is 0.658. The molecular weight excluding hydrogens is 825 g/mol. The van der Waals surface area contributed by atoms with E-state index >= 15 is 0 Å². The highest BCUT2D eigenvalue weighted by atomic mass is 15.2. The molecule has 12 aromatic rings. The number of fused-ring (bicyclic) bond motifs is 10. The van der Waals surface area contributed by atoms with Crippen LogP contribution >= 0.6 is 0 Å². The lowest BCUT2D eigenvalue weighted by atomic mass is 9.87. The van der Waals surface area contributed by atoms with E-state index in [4.69, 9.17) is 9.97 Å². The molecule has 2 aliphatic carbocycles. The van der Waals surface area contributed by atoms with Crippen molar-refractivity contribution in [1.82, 2.24) is 19.1 Å². The number of aromatic nitrogens is 4. The van der Waals surface area contributed by atoms with E-state index in [-0.39, 0.29) is 0 Å². The van der Waals surface area contributed by atoms with Crippen LogP contribution in [-0.4, -0.2) is 19.1 Å². The summed E-state index contributed by atoms with van der Waals surface area (Å²) in [6.45, 7) is 0. The molecule has 0 saturated carbocycles. The Bertz CT molecular complexity index is 4000. The monoisotopic (exact) mass is 868 g/mol. The molecule has 68 heavy (non-hydrogen) atoms. The van der Waals surface area contributed by atoms with Crippen molar-refractivity contribution in [2.75, 3.05) is 0 Å². The normalized spacial score (nSPS) is 13.0. The second-order valence-corrected chi connectivity index (χ2v) is 18.4. The molecule has 4 heteroatoms. The maximum Gasteiger partial charge on any atom is 0.235 e. The van der Waals surface area contributed by atoms with Gasteiger partial charge in [0.15, 0.2) is 0 Å². The molecule has 0 spiro atoms. The predicted molar refractivity (Wildman–Crippen MR) is 283 cm³/mol. The number of hydrogen-bond donors (Lipinski definition) is 0. The number of allylic oxidation sites excluding steroid dienone is 1. The molecule has 0 unspecified atom stereocenters. The molecule has 0 aliphatic heterocycles. The molecule has 0 atom stereocenters. The van der Waals surface area contributed by atoms with Gasteiger partial charge in [-0.1, -0.05) is 164 Å². The van der Waals surface area contributed by atoms with Crippen molar-refractivity contribution in [1.29, 1.82) is 0 Å². The van der Waals surface area contributed by atoms with Crippen molar-refractivity contribution in [3.8, 4) is 67.4 Å². The molecule has 2 aliphatic rings. The Labute approximate surface area is 394 Å². The SMILES string of the molecule is C1=Cc2cc(-c3ccc(-n4c5c(c6cc(-c7ccc8c(c7)c7ccccc7n8-c7nc(-c8ccc(-c9ccccc9)cc8)c8ccccc8n7)ccc64)-c4ccccc4CC5)cc3)ccc2CC1. The first-order valence-corrected chi connectivity index (χ1v) is 23.8. The van der Waals surface area contributed by atoms with Crippen molar-refractivity contribution in [3.05, 3.63) is 235 Å². The van der Waals surface area contributed by atoms with Gasteiger partial charge in [0, 0.05) is 44.1 Å². The Balaban J connectivity index is 0.890. The van der Waals surface area contributed by atoms with Crippen LogP contribution in [0.1, 0.15) is 28.8 Å². The molecular formula is C64H44N4. The van der Waals surface area contributed by atoms with Gasteiger partial charge in [-0.15, -0.1) is 0 Å². The standard InChI is InChI=1S/C64H44N4/c1-2-12-41(13-3-1)43-22-25-46(26-23-43)63-54-19-8-10-20-57(54)65-64(66-63)68-58-21-11-9-18-53(58)55-39-49(31-35-59(55)68)50-32-36-60-56(40-50)62-52-17-7-6-15-45(52)30-37-61(62)67(60)51-33-28-44(29-34-51)48-27-24-42-14-4-5-16-47(42)38-48/h1-3,5-13,15-29,31-36,38-40H,4,14,30,37H2. The fourth-order valence-corrected chi connectivity index (χ4v) is 11.2. The van der Waals surface area contributed by atoms with Crippen LogP contribution in [-0.2, 0) is 19.3 Å². The Morgan fingerprint density at radius 3 is 1.85 bits per heavy atom. The van der Waals surface area contributed by atoms with Crippen LogP contribution in [0, 0.1) is 0 Å². The summed E-state index contributed by atoms with van der Waals surface area (Å²) in [4.78, 5) is 10.7. The zero-order valence-electron chi connectivity index (χ0n) is 37.4. The number of para-hydroxylation sites is 2. The zero-order valence-corrected chi connectivity index (χ0v) is 37.4. The van der Waals surface area contributed by atoms with Gasteiger partial charge in [0.05, 0.1) is 27.8 Å². The van der Waals surface area contributed by atoms with Gasteiger partial charge in [0.25, 0.3) is 0 Å². The second kappa shape index (κ2) is 15.5.